The van der Waals surface area contributed by atoms with E-state index in [1.807, 2.05) is 7.05 Å². The van der Waals surface area contributed by atoms with E-state index in [1.165, 1.54) is 13.1 Å². The predicted molar refractivity (Wildman–Crippen MR) is 23.4 cm³/mol. The molecule has 0 unspecified atom stereocenters. The quantitative estimate of drug-likeness (QED) is 0.420. The fraction of sp³-hybridized carbons (Fsp3) is 1.00. The molecule has 2 heterocycles. The second-order valence-electron chi connectivity index (χ2n) is 2.14. The van der Waals surface area contributed by atoms with Crippen LogP contribution in [0.25, 0.3) is 0 Å². The van der Waals surface area contributed by atoms with Crippen molar-refractivity contribution in [3.63, 3.8) is 0 Å². The van der Waals surface area contributed by atoms with E-state index in [-0.39, 0.29) is 0 Å². The molecule has 2 heteroatoms. The van der Waals surface area contributed by atoms with Crippen molar-refractivity contribution in [2.24, 2.45) is 0 Å². The Bertz CT molecular complexity index is 83.5. The fourth-order valence-corrected chi connectivity index (χ4v) is 0.831. The average molecular weight is 84.1 g/mol. The normalized spacial score (nSPS) is 60.5. The fourth-order valence-electron chi connectivity index (χ4n) is 0.831. The maximum atomic E-state index is 3.22. The lowest BCUT2D eigenvalue weighted by Gasteiger charge is -1.89. The van der Waals surface area contributed by atoms with Crippen LogP contribution in [0.1, 0.15) is 0 Å². The molecule has 2 aliphatic rings. The molecular weight excluding hydrogens is 76.1 g/mol. The van der Waals surface area contributed by atoms with Crippen molar-refractivity contribution in [3.05, 3.63) is 0 Å². The van der Waals surface area contributed by atoms with E-state index in [0.29, 0.717) is 5.66 Å². The highest BCUT2D eigenvalue weighted by atomic mass is 15.6. The molecule has 1 N–H and O–H groups in total. The Kier molecular flexibility index (Phi) is 0.265. The van der Waals surface area contributed by atoms with E-state index in [1.54, 1.807) is 0 Å². The molecule has 0 aromatic carbocycles. The minimum atomic E-state index is 0.542. The van der Waals surface area contributed by atoms with Gasteiger partial charge in [0.1, 0.15) is 0 Å². The average Bonchev–Trinajstić information content (AvgIpc) is 2.12. The van der Waals surface area contributed by atoms with E-state index in [4.69, 9.17) is 0 Å². The SMILES string of the molecule is CNC12CN1C2. The maximum absolute atomic E-state index is 3.22. The van der Waals surface area contributed by atoms with Gasteiger partial charge in [-0.05, 0) is 7.05 Å². The molecule has 2 nitrogen and oxygen atoms in total. The van der Waals surface area contributed by atoms with Crippen LogP contribution >= 0.6 is 0 Å². The van der Waals surface area contributed by atoms with Gasteiger partial charge >= 0.3 is 0 Å². The molecule has 0 atom stereocenters. The summed E-state index contributed by atoms with van der Waals surface area (Å²) in [6, 6.07) is 0. The second kappa shape index (κ2) is 0.532. The maximum Gasteiger partial charge on any atom is 0.0974 e. The van der Waals surface area contributed by atoms with Crippen LogP contribution in [0, 0.1) is 0 Å². The molecule has 0 aromatic rings. The van der Waals surface area contributed by atoms with Crippen molar-refractivity contribution in [2.75, 3.05) is 20.1 Å². The number of hydrogen-bond acceptors (Lipinski definition) is 2. The Morgan fingerprint density at radius 1 is 1.67 bits per heavy atom. The summed E-state index contributed by atoms with van der Waals surface area (Å²) in [6.07, 6.45) is 0. The molecule has 2 rings (SSSR count). The molecule has 34 valence electrons. The van der Waals surface area contributed by atoms with Gasteiger partial charge in [0.2, 0.25) is 0 Å². The van der Waals surface area contributed by atoms with Gasteiger partial charge in [0.25, 0.3) is 0 Å². The molecule has 0 radical (unpaired) electrons. The molecule has 2 aliphatic heterocycles. The molecule has 2 fully saturated rings. The Morgan fingerprint density at radius 2 is 2.17 bits per heavy atom. The predicted octanol–water partition coefficient (Wildman–Crippen LogP) is -0.769. The van der Waals surface area contributed by atoms with Crippen molar-refractivity contribution in [1.82, 2.24) is 10.2 Å². The third-order valence-electron chi connectivity index (χ3n) is 1.77. The second-order valence-corrected chi connectivity index (χ2v) is 2.14. The lowest BCUT2D eigenvalue weighted by molar-refractivity contribution is 0.715. The molecule has 0 bridgehead atoms. The lowest BCUT2D eigenvalue weighted by atomic mass is 10.4. The first-order valence-corrected chi connectivity index (χ1v) is 2.31. The highest BCUT2D eigenvalue weighted by Crippen LogP contribution is 2.45. The molecule has 0 spiro atoms. The van der Waals surface area contributed by atoms with Crippen LogP contribution < -0.4 is 5.32 Å². The molecule has 0 aromatic heterocycles. The molecule has 6 heavy (non-hydrogen) atoms. The van der Waals surface area contributed by atoms with Crippen molar-refractivity contribution < 1.29 is 0 Å². The Morgan fingerprint density at radius 3 is 2.17 bits per heavy atom. The molecule has 0 saturated carbocycles. The van der Waals surface area contributed by atoms with Crippen molar-refractivity contribution in [2.45, 2.75) is 5.66 Å². The number of nitrogens with one attached hydrogen (secondary N) is 1. The monoisotopic (exact) mass is 84.1 g/mol. The van der Waals surface area contributed by atoms with Crippen LogP contribution in [0.15, 0.2) is 0 Å². The van der Waals surface area contributed by atoms with Gasteiger partial charge in [0, 0.05) is 13.1 Å². The summed E-state index contributed by atoms with van der Waals surface area (Å²) in [7, 11) is 2.02. The van der Waals surface area contributed by atoms with Gasteiger partial charge in [-0.2, -0.15) is 0 Å². The third-order valence-corrected chi connectivity index (χ3v) is 1.77. The molecular formula is C4H8N2. The zero-order valence-electron chi connectivity index (χ0n) is 3.86. The number of hydrogen-bond donors (Lipinski definition) is 1. The summed E-state index contributed by atoms with van der Waals surface area (Å²) in [5.41, 5.74) is 0.542. The number of fused-ring (bicyclic) bond motifs is 1. The highest BCUT2D eigenvalue weighted by Gasteiger charge is 2.67. The number of likely N-dealkylation sites (N-methyl/N-ethyl adjacent to an activating group) is 1. The lowest BCUT2D eigenvalue weighted by Crippen LogP contribution is -2.21. The minimum absolute atomic E-state index is 0.542. The summed E-state index contributed by atoms with van der Waals surface area (Å²) >= 11 is 0. The van der Waals surface area contributed by atoms with Crippen LogP contribution in [0.3, 0.4) is 0 Å². The summed E-state index contributed by atoms with van der Waals surface area (Å²) < 4.78 is 0. The van der Waals surface area contributed by atoms with E-state index >= 15 is 0 Å². The molecule has 2 saturated heterocycles. The van der Waals surface area contributed by atoms with Gasteiger partial charge in [0.15, 0.2) is 0 Å². The van der Waals surface area contributed by atoms with Gasteiger partial charge in [-0.15, -0.1) is 0 Å². The van der Waals surface area contributed by atoms with Gasteiger partial charge in [-0.1, -0.05) is 0 Å². The van der Waals surface area contributed by atoms with Gasteiger partial charge in [-0.3, -0.25) is 4.90 Å². The Labute approximate surface area is 37.1 Å². The van der Waals surface area contributed by atoms with E-state index in [0.717, 1.165) is 0 Å². The van der Waals surface area contributed by atoms with Crippen LogP contribution in [0.5, 0.6) is 0 Å². The molecule has 0 aliphatic carbocycles. The van der Waals surface area contributed by atoms with Crippen LogP contribution in [0.2, 0.25) is 0 Å². The zero-order chi connectivity index (χ0) is 4.20. The van der Waals surface area contributed by atoms with E-state index in [9.17, 15) is 0 Å². The highest BCUT2D eigenvalue weighted by molar-refractivity contribution is 5.21. The number of rotatable bonds is 1. The van der Waals surface area contributed by atoms with Crippen LogP contribution in [-0.4, -0.2) is 30.7 Å². The number of nitrogens with zero attached hydrogens (tertiary/aromatic N) is 1. The first-order chi connectivity index (χ1) is 2.87. The topological polar surface area (TPSA) is 15.0 Å². The third kappa shape index (κ3) is 0.150. The Balaban J connectivity index is 2.10. The summed E-state index contributed by atoms with van der Waals surface area (Å²) in [4.78, 5) is 2.38. The standard InChI is InChI=1S/C4H8N2/c1-5-4-2-6(4)3-4/h5H,2-3H2,1H3. The first-order valence-electron chi connectivity index (χ1n) is 2.31. The van der Waals surface area contributed by atoms with E-state index in [2.05, 4.69) is 10.2 Å². The van der Waals surface area contributed by atoms with Gasteiger partial charge in [-0.25, -0.2) is 0 Å². The Hall–Kier alpha value is -0.0800. The van der Waals surface area contributed by atoms with Gasteiger partial charge < -0.3 is 5.32 Å². The van der Waals surface area contributed by atoms with Crippen LogP contribution in [0.4, 0.5) is 0 Å². The van der Waals surface area contributed by atoms with E-state index < -0.39 is 0 Å². The summed E-state index contributed by atoms with van der Waals surface area (Å²) in [6.45, 7) is 2.59. The van der Waals surface area contributed by atoms with Crippen molar-refractivity contribution >= 4 is 0 Å². The largest absolute Gasteiger partial charge is 0.300 e. The smallest absolute Gasteiger partial charge is 0.0974 e. The summed E-state index contributed by atoms with van der Waals surface area (Å²) in [5, 5.41) is 3.22. The van der Waals surface area contributed by atoms with Crippen LogP contribution in [-0.2, 0) is 0 Å². The van der Waals surface area contributed by atoms with Crippen molar-refractivity contribution in [3.8, 4) is 0 Å². The zero-order valence-corrected chi connectivity index (χ0v) is 3.86. The first kappa shape index (κ1) is 2.99. The van der Waals surface area contributed by atoms with Crippen molar-refractivity contribution in [1.29, 1.82) is 0 Å². The molecule has 0 amide bonds. The summed E-state index contributed by atoms with van der Waals surface area (Å²) in [5.74, 6) is 0. The van der Waals surface area contributed by atoms with Gasteiger partial charge in [0.05, 0.1) is 5.66 Å². The minimum Gasteiger partial charge on any atom is -0.300 e.